The predicted octanol–water partition coefficient (Wildman–Crippen LogP) is 4.17. The molecule has 0 saturated heterocycles. The van der Waals surface area contributed by atoms with Crippen molar-refractivity contribution in [3.05, 3.63) is 65.9 Å². The molecule has 0 bridgehead atoms. The smallest absolute Gasteiger partial charge is 0.354 e. The molecule has 6 heteroatoms. The summed E-state index contributed by atoms with van der Waals surface area (Å²) in [5, 5.41) is 4.49. The second-order valence-corrected chi connectivity index (χ2v) is 6.59. The van der Waals surface area contributed by atoms with E-state index in [9.17, 15) is 9.59 Å². The van der Waals surface area contributed by atoms with E-state index in [0.717, 1.165) is 39.0 Å². The maximum atomic E-state index is 11.9. The van der Waals surface area contributed by atoms with Crippen LogP contribution in [0.5, 0.6) is 11.5 Å². The molecule has 0 spiro atoms. The lowest BCUT2D eigenvalue weighted by atomic mass is 9.98. The van der Waals surface area contributed by atoms with Crippen molar-refractivity contribution in [3.63, 3.8) is 0 Å². The maximum Gasteiger partial charge on any atom is 0.354 e. The lowest BCUT2D eigenvalue weighted by molar-refractivity contribution is -0.137. The number of ether oxygens (including phenoxy) is 3. The second kappa shape index (κ2) is 9.13. The lowest BCUT2D eigenvalue weighted by Crippen LogP contribution is -2.25. The highest BCUT2D eigenvalue weighted by Crippen LogP contribution is 2.39. The monoisotopic (exact) mass is 405 g/mol. The summed E-state index contributed by atoms with van der Waals surface area (Å²) in [6.45, 7) is 1.34. The summed E-state index contributed by atoms with van der Waals surface area (Å²) in [4.78, 5) is 23.3. The molecule has 0 radical (unpaired) electrons. The number of amides is 1. The number of fused-ring (bicyclic) bond motifs is 1. The standard InChI is InChI=1S/C24H23NO5/c1-15(26)25-20(24(27)30-4)13-16-8-9-18-14-19(11-10-17(18)12-16)23-21(28-2)6-5-7-22(23)29-3/h5-14H,1-4H3,(H,25,26). The third kappa shape index (κ3) is 4.43. The van der Waals surface area contributed by atoms with Crippen LogP contribution in [0.4, 0.5) is 0 Å². The van der Waals surface area contributed by atoms with E-state index in [1.54, 1.807) is 20.3 Å². The fourth-order valence-corrected chi connectivity index (χ4v) is 3.26. The van der Waals surface area contributed by atoms with Gasteiger partial charge in [-0.2, -0.15) is 0 Å². The average molecular weight is 405 g/mol. The summed E-state index contributed by atoms with van der Waals surface area (Å²) >= 11 is 0. The summed E-state index contributed by atoms with van der Waals surface area (Å²) in [5.41, 5.74) is 2.69. The first-order chi connectivity index (χ1) is 14.5. The Morgan fingerprint density at radius 2 is 1.50 bits per heavy atom. The second-order valence-electron chi connectivity index (χ2n) is 6.59. The third-order valence-electron chi connectivity index (χ3n) is 4.61. The average Bonchev–Trinajstić information content (AvgIpc) is 2.76. The number of hydrogen-bond donors (Lipinski definition) is 1. The SMILES string of the molecule is COC(=O)C(=Cc1ccc2cc(-c3c(OC)cccc3OC)ccc2c1)NC(C)=O. The van der Waals surface area contributed by atoms with Gasteiger partial charge in [-0.3, -0.25) is 4.79 Å². The van der Waals surface area contributed by atoms with Crippen LogP contribution in [0.25, 0.3) is 28.0 Å². The van der Waals surface area contributed by atoms with Gasteiger partial charge in [-0.1, -0.05) is 30.3 Å². The number of hydrogen-bond acceptors (Lipinski definition) is 5. The Balaban J connectivity index is 2.05. The minimum absolute atomic E-state index is 0.0831. The maximum absolute atomic E-state index is 11.9. The highest BCUT2D eigenvalue weighted by Gasteiger charge is 2.14. The van der Waals surface area contributed by atoms with Gasteiger partial charge in [0.15, 0.2) is 0 Å². The Kier molecular flexibility index (Phi) is 6.37. The molecule has 0 unspecified atom stereocenters. The van der Waals surface area contributed by atoms with E-state index in [1.807, 2.05) is 48.5 Å². The van der Waals surface area contributed by atoms with Crippen molar-refractivity contribution in [1.29, 1.82) is 0 Å². The van der Waals surface area contributed by atoms with Crippen LogP contribution in [0, 0.1) is 0 Å². The summed E-state index contributed by atoms with van der Waals surface area (Å²) < 4.78 is 15.8. The van der Waals surface area contributed by atoms with E-state index in [1.165, 1.54) is 14.0 Å². The van der Waals surface area contributed by atoms with Crippen molar-refractivity contribution >= 4 is 28.7 Å². The van der Waals surface area contributed by atoms with Crippen molar-refractivity contribution in [2.45, 2.75) is 6.92 Å². The quantitative estimate of drug-likeness (QED) is 0.492. The molecule has 3 rings (SSSR count). The summed E-state index contributed by atoms with van der Waals surface area (Å²) in [6, 6.07) is 17.5. The number of carbonyl (C=O) groups is 2. The van der Waals surface area contributed by atoms with Crippen molar-refractivity contribution in [2.75, 3.05) is 21.3 Å². The van der Waals surface area contributed by atoms with Crippen LogP contribution >= 0.6 is 0 Å². The summed E-state index contributed by atoms with van der Waals surface area (Å²) in [5.74, 6) is 0.504. The van der Waals surface area contributed by atoms with Crippen LogP contribution in [0.2, 0.25) is 0 Å². The van der Waals surface area contributed by atoms with Crippen molar-refractivity contribution < 1.29 is 23.8 Å². The third-order valence-corrected chi connectivity index (χ3v) is 4.61. The molecule has 6 nitrogen and oxygen atoms in total. The van der Waals surface area contributed by atoms with E-state index in [-0.39, 0.29) is 11.6 Å². The zero-order valence-corrected chi connectivity index (χ0v) is 17.3. The minimum Gasteiger partial charge on any atom is -0.496 e. The van der Waals surface area contributed by atoms with Gasteiger partial charge < -0.3 is 19.5 Å². The van der Waals surface area contributed by atoms with Gasteiger partial charge in [0.2, 0.25) is 5.91 Å². The highest BCUT2D eigenvalue weighted by atomic mass is 16.5. The lowest BCUT2D eigenvalue weighted by Gasteiger charge is -2.14. The Labute approximate surface area is 175 Å². The molecule has 0 saturated carbocycles. The highest BCUT2D eigenvalue weighted by molar-refractivity contribution is 5.98. The first-order valence-corrected chi connectivity index (χ1v) is 9.29. The topological polar surface area (TPSA) is 73.9 Å². The van der Waals surface area contributed by atoms with Gasteiger partial charge >= 0.3 is 5.97 Å². The van der Waals surface area contributed by atoms with E-state index in [2.05, 4.69) is 11.4 Å². The fourth-order valence-electron chi connectivity index (χ4n) is 3.26. The Bertz CT molecular complexity index is 1110. The van der Waals surface area contributed by atoms with Crippen LogP contribution < -0.4 is 14.8 Å². The molecule has 0 atom stereocenters. The molecular weight excluding hydrogens is 382 g/mol. The van der Waals surface area contributed by atoms with E-state index in [4.69, 9.17) is 14.2 Å². The molecule has 0 fully saturated rings. The normalized spacial score (nSPS) is 11.1. The number of nitrogens with one attached hydrogen (secondary N) is 1. The Morgan fingerprint density at radius 1 is 0.867 bits per heavy atom. The van der Waals surface area contributed by atoms with Crippen LogP contribution in [0.15, 0.2) is 60.3 Å². The van der Waals surface area contributed by atoms with Gasteiger partial charge in [0.25, 0.3) is 0 Å². The van der Waals surface area contributed by atoms with E-state index < -0.39 is 5.97 Å². The number of methoxy groups -OCH3 is 3. The van der Waals surface area contributed by atoms with Crippen LogP contribution in [-0.4, -0.2) is 33.2 Å². The van der Waals surface area contributed by atoms with E-state index in [0.29, 0.717) is 0 Å². The van der Waals surface area contributed by atoms with Crippen molar-refractivity contribution in [3.8, 4) is 22.6 Å². The summed E-state index contributed by atoms with van der Waals surface area (Å²) in [6.07, 6.45) is 1.59. The van der Waals surface area contributed by atoms with Crippen LogP contribution in [0.1, 0.15) is 12.5 Å². The largest absolute Gasteiger partial charge is 0.496 e. The molecule has 0 aliphatic carbocycles. The first-order valence-electron chi connectivity index (χ1n) is 9.29. The number of rotatable bonds is 6. The van der Waals surface area contributed by atoms with Gasteiger partial charge in [-0.05, 0) is 52.2 Å². The van der Waals surface area contributed by atoms with E-state index >= 15 is 0 Å². The predicted molar refractivity (Wildman–Crippen MR) is 116 cm³/mol. The molecule has 1 N–H and O–H groups in total. The molecule has 0 aromatic heterocycles. The van der Waals surface area contributed by atoms with Crippen LogP contribution in [-0.2, 0) is 14.3 Å². The molecule has 3 aromatic rings. The number of carbonyl (C=O) groups excluding carboxylic acids is 2. The zero-order valence-electron chi connectivity index (χ0n) is 17.3. The van der Waals surface area contributed by atoms with Gasteiger partial charge in [0.1, 0.15) is 17.2 Å². The minimum atomic E-state index is -0.607. The molecule has 30 heavy (non-hydrogen) atoms. The molecule has 1 amide bonds. The van der Waals surface area contributed by atoms with Gasteiger partial charge in [-0.25, -0.2) is 4.79 Å². The summed E-state index contributed by atoms with van der Waals surface area (Å²) in [7, 11) is 4.53. The molecular formula is C24H23NO5. The number of benzene rings is 3. The van der Waals surface area contributed by atoms with Gasteiger partial charge in [-0.15, -0.1) is 0 Å². The molecule has 154 valence electrons. The molecule has 0 aliphatic heterocycles. The fraction of sp³-hybridized carbons (Fsp3) is 0.167. The molecule has 0 aliphatic rings. The molecule has 0 heterocycles. The van der Waals surface area contributed by atoms with Crippen LogP contribution in [0.3, 0.4) is 0 Å². The Morgan fingerprint density at radius 3 is 2.10 bits per heavy atom. The zero-order chi connectivity index (χ0) is 21.7. The number of esters is 1. The van der Waals surface area contributed by atoms with Crippen molar-refractivity contribution in [1.82, 2.24) is 5.32 Å². The Hall–Kier alpha value is -3.80. The first kappa shape index (κ1) is 20.9. The van der Waals surface area contributed by atoms with Gasteiger partial charge in [0.05, 0.1) is 26.9 Å². The van der Waals surface area contributed by atoms with Gasteiger partial charge in [0, 0.05) is 6.92 Å². The van der Waals surface area contributed by atoms with Crippen molar-refractivity contribution in [2.24, 2.45) is 0 Å². The molecule has 3 aromatic carbocycles.